The Kier molecular flexibility index (Phi) is 5.99. The van der Waals surface area contributed by atoms with E-state index in [9.17, 15) is 9.59 Å². The van der Waals surface area contributed by atoms with Gasteiger partial charge < -0.3 is 10.2 Å². The number of amides is 2. The smallest absolute Gasteiger partial charge is 0.258 e. The lowest BCUT2D eigenvalue weighted by Crippen LogP contribution is -2.31. The van der Waals surface area contributed by atoms with Crippen molar-refractivity contribution < 1.29 is 9.59 Å². The first-order valence-electron chi connectivity index (χ1n) is 10.6. The molecule has 0 spiro atoms. The van der Waals surface area contributed by atoms with Gasteiger partial charge in [-0.25, -0.2) is 0 Å². The minimum Gasteiger partial charge on any atom is -0.322 e. The molecule has 2 amide bonds. The number of fused-ring (bicyclic) bond motifs is 1. The highest BCUT2D eigenvalue weighted by molar-refractivity contribution is 6.08. The lowest BCUT2D eigenvalue weighted by atomic mass is 10.0. The van der Waals surface area contributed by atoms with E-state index >= 15 is 0 Å². The van der Waals surface area contributed by atoms with Crippen LogP contribution in [-0.2, 0) is 0 Å². The quantitative estimate of drug-likeness (QED) is 0.566. The zero-order valence-electron chi connectivity index (χ0n) is 17.9. The molecule has 3 aromatic rings. The monoisotopic (exact) mass is 410 g/mol. The first-order chi connectivity index (χ1) is 15.1. The lowest BCUT2D eigenvalue weighted by Gasteiger charge is -2.23. The lowest BCUT2D eigenvalue weighted by molar-refractivity contribution is 0.0986. The molecule has 0 aliphatic carbocycles. The second-order valence-electron chi connectivity index (χ2n) is 7.74. The van der Waals surface area contributed by atoms with Crippen LogP contribution in [0.1, 0.15) is 51.6 Å². The molecule has 156 valence electrons. The van der Waals surface area contributed by atoms with Gasteiger partial charge in [0.2, 0.25) is 0 Å². The third-order valence-corrected chi connectivity index (χ3v) is 5.61. The highest BCUT2D eigenvalue weighted by atomic mass is 16.2. The molecule has 0 unspecified atom stereocenters. The first-order valence-corrected chi connectivity index (χ1v) is 10.6. The first kappa shape index (κ1) is 20.6. The molecule has 4 rings (SSSR count). The number of nitrogens with one attached hydrogen (secondary N) is 1. The summed E-state index contributed by atoms with van der Waals surface area (Å²) in [6.07, 6.45) is 4.00. The maximum atomic E-state index is 13.3. The summed E-state index contributed by atoms with van der Waals surface area (Å²) in [6.45, 7) is 4.77. The number of anilines is 2. The van der Waals surface area contributed by atoms with Crippen molar-refractivity contribution >= 4 is 28.8 Å². The Bertz CT molecular complexity index is 1130. The zero-order chi connectivity index (χ0) is 21.8. The number of benzene rings is 3. The average Bonchev–Trinajstić information content (AvgIpc) is 2.99. The number of hydrogen-bond donors (Lipinski definition) is 1. The van der Waals surface area contributed by atoms with Gasteiger partial charge in [-0.05, 0) is 67.8 Å². The van der Waals surface area contributed by atoms with E-state index in [1.807, 2.05) is 42.2 Å². The molecule has 1 aliphatic heterocycles. The van der Waals surface area contributed by atoms with Crippen molar-refractivity contribution in [1.29, 1.82) is 0 Å². The van der Waals surface area contributed by atoms with Crippen LogP contribution in [-0.4, -0.2) is 18.4 Å². The van der Waals surface area contributed by atoms with Gasteiger partial charge in [-0.3, -0.25) is 9.59 Å². The van der Waals surface area contributed by atoms with E-state index in [0.29, 0.717) is 23.4 Å². The van der Waals surface area contributed by atoms with E-state index in [-0.39, 0.29) is 11.8 Å². The molecule has 0 aromatic heterocycles. The van der Waals surface area contributed by atoms with Crippen molar-refractivity contribution in [2.24, 2.45) is 0 Å². The topological polar surface area (TPSA) is 49.4 Å². The van der Waals surface area contributed by atoms with Gasteiger partial charge in [0.15, 0.2) is 0 Å². The number of carbonyl (C=O) groups is 2. The van der Waals surface area contributed by atoms with Crippen molar-refractivity contribution in [2.75, 3.05) is 16.8 Å². The van der Waals surface area contributed by atoms with E-state index < -0.39 is 0 Å². The molecule has 1 heterocycles. The van der Waals surface area contributed by atoms with E-state index in [2.05, 4.69) is 24.4 Å². The van der Waals surface area contributed by atoms with Gasteiger partial charge in [-0.15, -0.1) is 0 Å². The van der Waals surface area contributed by atoms with Crippen LogP contribution in [0.3, 0.4) is 0 Å². The predicted molar refractivity (Wildman–Crippen MR) is 127 cm³/mol. The number of hydrogen-bond acceptors (Lipinski definition) is 2. The van der Waals surface area contributed by atoms with Crippen LogP contribution < -0.4 is 10.2 Å². The average molecular weight is 411 g/mol. The van der Waals surface area contributed by atoms with Crippen LogP contribution in [0.4, 0.5) is 11.4 Å². The molecule has 0 atom stereocenters. The summed E-state index contributed by atoms with van der Waals surface area (Å²) in [7, 11) is 0. The molecular weight excluding hydrogens is 384 g/mol. The summed E-state index contributed by atoms with van der Waals surface area (Å²) >= 11 is 0. The van der Waals surface area contributed by atoms with Gasteiger partial charge in [0, 0.05) is 28.9 Å². The second kappa shape index (κ2) is 9.00. The van der Waals surface area contributed by atoms with E-state index in [1.165, 1.54) is 5.57 Å². The van der Waals surface area contributed by atoms with E-state index in [0.717, 1.165) is 29.7 Å². The Balaban J connectivity index is 1.52. The fraction of sp³-hybridized carbons (Fsp3) is 0.185. The Morgan fingerprint density at radius 1 is 0.903 bits per heavy atom. The molecule has 0 saturated heterocycles. The summed E-state index contributed by atoms with van der Waals surface area (Å²) in [5.74, 6) is -0.201. The summed E-state index contributed by atoms with van der Waals surface area (Å²) in [6, 6.07) is 22.6. The van der Waals surface area contributed by atoms with E-state index in [4.69, 9.17) is 0 Å². The van der Waals surface area contributed by atoms with Crippen LogP contribution in [0.25, 0.3) is 5.57 Å². The number of allylic oxidation sites excluding steroid dienone is 1. The van der Waals surface area contributed by atoms with Crippen molar-refractivity contribution in [3.8, 4) is 0 Å². The number of rotatable bonds is 4. The minimum atomic E-state index is -0.168. The van der Waals surface area contributed by atoms with Crippen LogP contribution >= 0.6 is 0 Å². The third kappa shape index (κ3) is 4.43. The Morgan fingerprint density at radius 2 is 1.58 bits per heavy atom. The second-order valence-corrected chi connectivity index (χ2v) is 7.74. The number of nitrogens with zero attached hydrogens (tertiary/aromatic N) is 1. The van der Waals surface area contributed by atoms with Crippen LogP contribution in [0, 0.1) is 6.92 Å². The maximum absolute atomic E-state index is 13.3. The largest absolute Gasteiger partial charge is 0.322 e. The fourth-order valence-electron chi connectivity index (χ4n) is 3.88. The van der Waals surface area contributed by atoms with Gasteiger partial charge in [0.25, 0.3) is 11.8 Å². The molecule has 0 bridgehead atoms. The van der Waals surface area contributed by atoms with Crippen LogP contribution in [0.2, 0.25) is 0 Å². The third-order valence-electron chi connectivity index (χ3n) is 5.61. The molecule has 1 N–H and O–H groups in total. The molecule has 0 saturated carbocycles. The molecule has 1 aliphatic rings. The van der Waals surface area contributed by atoms with Gasteiger partial charge in [-0.2, -0.15) is 0 Å². The fourth-order valence-corrected chi connectivity index (χ4v) is 3.88. The highest BCUT2D eigenvalue weighted by Crippen LogP contribution is 2.33. The van der Waals surface area contributed by atoms with Crippen molar-refractivity contribution in [2.45, 2.75) is 26.7 Å². The van der Waals surface area contributed by atoms with E-state index in [1.54, 1.807) is 36.4 Å². The molecule has 0 radical (unpaired) electrons. The number of carbonyl (C=O) groups excluding carboxylic acids is 2. The normalized spacial score (nSPS) is 13.1. The molecule has 3 aromatic carbocycles. The molecular formula is C27H26N2O2. The van der Waals surface area contributed by atoms with Gasteiger partial charge >= 0.3 is 0 Å². The summed E-state index contributed by atoms with van der Waals surface area (Å²) < 4.78 is 0. The predicted octanol–water partition coefficient (Wildman–Crippen LogP) is 6.09. The molecule has 0 fully saturated rings. The van der Waals surface area contributed by atoms with Crippen LogP contribution in [0.5, 0.6) is 0 Å². The molecule has 31 heavy (non-hydrogen) atoms. The Hall–Kier alpha value is -3.66. The Labute approximate surface area is 183 Å². The highest BCUT2D eigenvalue weighted by Gasteiger charge is 2.22. The van der Waals surface area contributed by atoms with Gasteiger partial charge in [0.05, 0.1) is 5.69 Å². The van der Waals surface area contributed by atoms with Crippen molar-refractivity contribution in [3.63, 3.8) is 0 Å². The van der Waals surface area contributed by atoms with Crippen LogP contribution in [0.15, 0.2) is 78.9 Å². The Morgan fingerprint density at radius 3 is 2.29 bits per heavy atom. The number of aryl methyl sites for hydroxylation is 1. The number of para-hydroxylation sites is 1. The SMILES string of the molecule is CCC1=CCCN(C(=O)c2ccc(NC(=O)c3ccc(C)cc3)cc2)c2ccccc21. The summed E-state index contributed by atoms with van der Waals surface area (Å²) in [5, 5.41) is 2.89. The van der Waals surface area contributed by atoms with Crippen molar-refractivity contribution in [3.05, 3.63) is 101 Å². The van der Waals surface area contributed by atoms with Gasteiger partial charge in [-0.1, -0.05) is 48.9 Å². The summed E-state index contributed by atoms with van der Waals surface area (Å²) in [4.78, 5) is 27.6. The molecule has 4 nitrogen and oxygen atoms in total. The minimum absolute atomic E-state index is 0.0328. The maximum Gasteiger partial charge on any atom is 0.258 e. The van der Waals surface area contributed by atoms with Crippen molar-refractivity contribution in [1.82, 2.24) is 0 Å². The zero-order valence-corrected chi connectivity index (χ0v) is 17.9. The van der Waals surface area contributed by atoms with Gasteiger partial charge in [0.1, 0.15) is 0 Å². The summed E-state index contributed by atoms with van der Waals surface area (Å²) in [5.41, 5.74) is 6.33. The standard InChI is InChI=1S/C27H26N2O2/c1-3-20-7-6-18-29(25-9-5-4-8-24(20)25)27(31)22-14-16-23(17-15-22)28-26(30)21-12-10-19(2)11-13-21/h4-5,7-17H,3,6,18H2,1-2H3,(H,28,30). The molecule has 4 heteroatoms.